The highest BCUT2D eigenvalue weighted by molar-refractivity contribution is 5.27. The molecule has 1 aromatic rings. The van der Waals surface area contributed by atoms with Crippen molar-refractivity contribution in [3.63, 3.8) is 0 Å². The molecule has 3 nitrogen and oxygen atoms in total. The van der Waals surface area contributed by atoms with Crippen LogP contribution in [0.4, 0.5) is 13.2 Å². The molecule has 0 spiro atoms. The Bertz CT molecular complexity index is 428. The summed E-state index contributed by atoms with van der Waals surface area (Å²) in [5, 5.41) is 9.16. The Labute approximate surface area is 122 Å². The van der Waals surface area contributed by atoms with E-state index in [1.165, 1.54) is 25.0 Å². The fourth-order valence-corrected chi connectivity index (χ4v) is 2.82. The summed E-state index contributed by atoms with van der Waals surface area (Å²) in [5.74, 6) is -0.208. The molecule has 0 heterocycles. The van der Waals surface area contributed by atoms with Gasteiger partial charge in [0.2, 0.25) is 0 Å². The van der Waals surface area contributed by atoms with Crippen molar-refractivity contribution >= 4 is 0 Å². The molecule has 21 heavy (non-hydrogen) atoms. The minimum absolute atomic E-state index is 0.0891. The molecule has 2 rings (SSSR count). The van der Waals surface area contributed by atoms with E-state index in [1.807, 2.05) is 0 Å². The summed E-state index contributed by atoms with van der Waals surface area (Å²) in [4.78, 5) is 2.20. The highest BCUT2D eigenvalue weighted by Crippen LogP contribution is 2.26. The van der Waals surface area contributed by atoms with E-state index in [0.717, 1.165) is 18.4 Å². The first-order valence-corrected chi connectivity index (χ1v) is 7.17. The van der Waals surface area contributed by atoms with Crippen molar-refractivity contribution in [1.29, 1.82) is 0 Å². The Hall–Kier alpha value is -1.27. The molecule has 0 atom stereocenters. The van der Waals surface area contributed by atoms with Crippen LogP contribution in [-0.4, -0.2) is 35.6 Å². The van der Waals surface area contributed by atoms with Crippen LogP contribution in [0.3, 0.4) is 0 Å². The molecule has 1 saturated carbocycles. The Morgan fingerprint density at radius 1 is 1.14 bits per heavy atom. The number of benzene rings is 1. The second-order valence-corrected chi connectivity index (χ2v) is 5.32. The van der Waals surface area contributed by atoms with Crippen LogP contribution >= 0.6 is 0 Å². The molecule has 1 aliphatic rings. The third-order valence-electron chi connectivity index (χ3n) is 3.77. The van der Waals surface area contributed by atoms with Crippen LogP contribution in [0, 0.1) is 0 Å². The van der Waals surface area contributed by atoms with Gasteiger partial charge in [0, 0.05) is 19.1 Å². The lowest BCUT2D eigenvalue weighted by Crippen LogP contribution is -2.35. The Morgan fingerprint density at radius 2 is 1.76 bits per heavy atom. The van der Waals surface area contributed by atoms with Gasteiger partial charge in [0.1, 0.15) is 5.75 Å². The lowest BCUT2D eigenvalue weighted by atomic mass is 10.1. The number of alkyl halides is 3. The molecule has 1 N–H and O–H groups in total. The molecule has 0 amide bonds. The number of aliphatic hydroxyl groups is 1. The predicted octanol–water partition coefficient (Wildman–Crippen LogP) is 3.32. The maximum absolute atomic E-state index is 12.1. The van der Waals surface area contributed by atoms with Crippen molar-refractivity contribution in [3.05, 3.63) is 29.8 Å². The second kappa shape index (κ2) is 7.13. The zero-order chi connectivity index (χ0) is 15.3. The van der Waals surface area contributed by atoms with E-state index in [4.69, 9.17) is 5.11 Å². The van der Waals surface area contributed by atoms with Gasteiger partial charge in [-0.2, -0.15) is 0 Å². The summed E-state index contributed by atoms with van der Waals surface area (Å²) in [6.07, 6.45) is -0.0191. The van der Waals surface area contributed by atoms with Crippen LogP contribution in [-0.2, 0) is 6.54 Å². The summed E-state index contributed by atoms with van der Waals surface area (Å²) < 4.78 is 40.2. The SMILES string of the molecule is OCCN(Cc1ccc(OC(F)(F)F)cc1)C1CCCC1. The third-order valence-corrected chi connectivity index (χ3v) is 3.77. The van der Waals surface area contributed by atoms with E-state index in [9.17, 15) is 13.2 Å². The molecule has 0 radical (unpaired) electrons. The number of hydrogen-bond acceptors (Lipinski definition) is 3. The first-order valence-electron chi connectivity index (χ1n) is 7.17. The first kappa shape index (κ1) is 16.1. The highest BCUT2D eigenvalue weighted by atomic mass is 19.4. The molecule has 1 fully saturated rings. The smallest absolute Gasteiger partial charge is 0.406 e. The van der Waals surface area contributed by atoms with Crippen LogP contribution in [0.15, 0.2) is 24.3 Å². The Morgan fingerprint density at radius 3 is 2.29 bits per heavy atom. The van der Waals surface area contributed by atoms with Gasteiger partial charge in [-0.3, -0.25) is 4.90 Å². The molecular weight excluding hydrogens is 283 g/mol. The third kappa shape index (κ3) is 5.21. The van der Waals surface area contributed by atoms with Gasteiger partial charge in [-0.25, -0.2) is 0 Å². The van der Waals surface area contributed by atoms with Crippen LogP contribution < -0.4 is 4.74 Å². The van der Waals surface area contributed by atoms with E-state index < -0.39 is 6.36 Å². The summed E-state index contributed by atoms with van der Waals surface area (Å²) in [7, 11) is 0. The predicted molar refractivity (Wildman–Crippen MR) is 72.9 cm³/mol. The van der Waals surface area contributed by atoms with Gasteiger partial charge in [-0.05, 0) is 30.5 Å². The molecule has 0 unspecified atom stereocenters. The molecule has 0 saturated heterocycles. The van der Waals surface area contributed by atoms with Crippen molar-refractivity contribution in [2.45, 2.75) is 44.6 Å². The average Bonchev–Trinajstić information content (AvgIpc) is 2.92. The summed E-state index contributed by atoms with van der Waals surface area (Å²) in [6, 6.07) is 6.40. The lowest BCUT2D eigenvalue weighted by Gasteiger charge is -2.28. The summed E-state index contributed by atoms with van der Waals surface area (Å²) in [5.41, 5.74) is 0.921. The van der Waals surface area contributed by atoms with Crippen LogP contribution in [0.2, 0.25) is 0 Å². The number of rotatable bonds is 6. The van der Waals surface area contributed by atoms with Gasteiger partial charge in [0.15, 0.2) is 0 Å². The van der Waals surface area contributed by atoms with Gasteiger partial charge in [0.25, 0.3) is 0 Å². The zero-order valence-electron chi connectivity index (χ0n) is 11.8. The summed E-state index contributed by atoms with van der Waals surface area (Å²) in [6.45, 7) is 1.31. The van der Waals surface area contributed by atoms with E-state index in [2.05, 4.69) is 9.64 Å². The lowest BCUT2D eigenvalue weighted by molar-refractivity contribution is -0.274. The topological polar surface area (TPSA) is 32.7 Å². The van der Waals surface area contributed by atoms with E-state index >= 15 is 0 Å². The van der Waals surface area contributed by atoms with Gasteiger partial charge in [-0.15, -0.1) is 13.2 Å². The van der Waals surface area contributed by atoms with Crippen molar-refractivity contribution in [1.82, 2.24) is 4.90 Å². The molecule has 0 bridgehead atoms. The van der Waals surface area contributed by atoms with Gasteiger partial charge in [-0.1, -0.05) is 25.0 Å². The fraction of sp³-hybridized carbons (Fsp3) is 0.600. The van der Waals surface area contributed by atoms with Gasteiger partial charge in [0.05, 0.1) is 6.61 Å². The van der Waals surface area contributed by atoms with Crippen LogP contribution in [0.25, 0.3) is 0 Å². The van der Waals surface area contributed by atoms with Crippen LogP contribution in [0.5, 0.6) is 5.75 Å². The molecule has 6 heteroatoms. The van der Waals surface area contributed by atoms with Gasteiger partial charge >= 0.3 is 6.36 Å². The number of hydrogen-bond donors (Lipinski definition) is 1. The van der Waals surface area contributed by atoms with Crippen molar-refractivity contribution in [3.8, 4) is 5.75 Å². The standard InChI is InChI=1S/C15H20F3NO2/c16-15(17,18)21-14-7-5-12(6-8-14)11-19(9-10-20)13-3-1-2-4-13/h5-8,13,20H,1-4,9-11H2. The number of nitrogens with zero attached hydrogens (tertiary/aromatic N) is 1. The quantitative estimate of drug-likeness (QED) is 0.875. The van der Waals surface area contributed by atoms with E-state index in [0.29, 0.717) is 19.1 Å². The second-order valence-electron chi connectivity index (χ2n) is 5.32. The number of ether oxygens (including phenoxy) is 1. The Balaban J connectivity index is 1.96. The zero-order valence-corrected chi connectivity index (χ0v) is 11.8. The molecule has 1 aromatic carbocycles. The fourth-order valence-electron chi connectivity index (χ4n) is 2.82. The maximum Gasteiger partial charge on any atom is 0.573 e. The van der Waals surface area contributed by atoms with Crippen LogP contribution in [0.1, 0.15) is 31.2 Å². The molecular formula is C15H20F3NO2. The van der Waals surface area contributed by atoms with Gasteiger partial charge < -0.3 is 9.84 Å². The number of halogens is 3. The monoisotopic (exact) mass is 303 g/mol. The van der Waals surface area contributed by atoms with E-state index in [1.54, 1.807) is 12.1 Å². The molecule has 0 aromatic heterocycles. The number of aliphatic hydroxyl groups excluding tert-OH is 1. The summed E-state index contributed by atoms with van der Waals surface area (Å²) >= 11 is 0. The van der Waals surface area contributed by atoms with Crippen molar-refractivity contribution in [2.24, 2.45) is 0 Å². The molecule has 118 valence electrons. The minimum Gasteiger partial charge on any atom is -0.406 e. The largest absolute Gasteiger partial charge is 0.573 e. The maximum atomic E-state index is 12.1. The molecule has 0 aliphatic heterocycles. The normalized spacial score (nSPS) is 16.6. The highest BCUT2D eigenvalue weighted by Gasteiger charge is 2.31. The van der Waals surface area contributed by atoms with Crippen molar-refractivity contribution < 1.29 is 23.0 Å². The van der Waals surface area contributed by atoms with E-state index in [-0.39, 0.29) is 12.4 Å². The molecule has 1 aliphatic carbocycles. The Kier molecular flexibility index (Phi) is 5.47. The average molecular weight is 303 g/mol. The first-order chi connectivity index (χ1) is 9.98. The minimum atomic E-state index is -4.66. The van der Waals surface area contributed by atoms with Crippen molar-refractivity contribution in [2.75, 3.05) is 13.2 Å².